The van der Waals surface area contributed by atoms with E-state index in [1.165, 1.54) is 7.11 Å². The van der Waals surface area contributed by atoms with E-state index >= 15 is 0 Å². The number of carbonyl (C=O) groups excluding carboxylic acids is 1. The third kappa shape index (κ3) is 6.70. The van der Waals surface area contributed by atoms with Crippen LogP contribution in [-0.4, -0.2) is 50.9 Å². The quantitative estimate of drug-likeness (QED) is 0.652. The van der Waals surface area contributed by atoms with E-state index in [1.807, 2.05) is 25.1 Å². The number of unbranched alkanes of at least 4 members (excludes halogenated alkanes) is 1. The van der Waals surface area contributed by atoms with Crippen molar-refractivity contribution in [2.75, 3.05) is 18.6 Å². The predicted octanol–water partition coefficient (Wildman–Crippen LogP) is 2.65. The van der Waals surface area contributed by atoms with Crippen LogP contribution in [0.5, 0.6) is 0 Å². The van der Waals surface area contributed by atoms with Crippen molar-refractivity contribution in [3.05, 3.63) is 35.9 Å². The van der Waals surface area contributed by atoms with Crippen molar-refractivity contribution in [1.29, 1.82) is 0 Å². The van der Waals surface area contributed by atoms with Crippen LogP contribution in [-0.2, 0) is 26.9 Å². The second-order valence-corrected chi connectivity index (χ2v) is 7.12. The Balaban J connectivity index is 2.83. The van der Waals surface area contributed by atoms with Crippen LogP contribution >= 0.6 is 0 Å². The molecule has 0 aliphatic heterocycles. The van der Waals surface area contributed by atoms with E-state index in [0.717, 1.165) is 23.3 Å². The molecule has 1 rings (SSSR count). The van der Waals surface area contributed by atoms with Crippen LogP contribution in [0.1, 0.15) is 31.7 Å². The van der Waals surface area contributed by atoms with Gasteiger partial charge in [0, 0.05) is 28.9 Å². The lowest BCUT2D eigenvalue weighted by Crippen LogP contribution is -2.45. The molecular formula is C17H25NO5S. The monoisotopic (exact) mass is 355 g/mol. The molecule has 0 aliphatic rings. The predicted molar refractivity (Wildman–Crippen MR) is 93.2 cm³/mol. The molecule has 1 amide bonds. The maximum atomic E-state index is 12.0. The summed E-state index contributed by atoms with van der Waals surface area (Å²) < 4.78 is 16.7. The fourth-order valence-corrected chi connectivity index (χ4v) is 3.58. The molecule has 0 spiro atoms. The average Bonchev–Trinajstić information content (AvgIpc) is 2.59. The Morgan fingerprint density at radius 2 is 1.92 bits per heavy atom. The number of nitrogens with zero attached hydrogens (tertiary/aromatic N) is 1. The van der Waals surface area contributed by atoms with E-state index in [-0.39, 0.29) is 18.7 Å². The number of amides is 1. The Labute approximate surface area is 145 Å². The van der Waals surface area contributed by atoms with Gasteiger partial charge in [-0.25, -0.2) is 9.59 Å². The SMILES string of the molecule is CCCCS(=O)CC[C@@H](C(=O)OC)N(Cc1ccccc1)C(=O)O. The topological polar surface area (TPSA) is 83.9 Å². The minimum atomic E-state index is -1.20. The van der Waals surface area contributed by atoms with Gasteiger partial charge in [0.1, 0.15) is 6.04 Å². The lowest BCUT2D eigenvalue weighted by molar-refractivity contribution is -0.146. The number of carbonyl (C=O) groups is 2. The highest BCUT2D eigenvalue weighted by atomic mass is 32.2. The number of hydrogen-bond acceptors (Lipinski definition) is 4. The second kappa shape index (κ2) is 10.8. The number of hydrogen-bond donors (Lipinski definition) is 1. The standard InChI is InChI=1S/C17H25NO5S/c1-3-4-11-24(22)12-10-15(16(19)23-2)18(17(20)21)13-14-8-6-5-7-9-14/h5-9,15H,3-4,10-13H2,1-2H3,(H,20,21)/t15-,24?/m0/s1. The fourth-order valence-electron chi connectivity index (χ4n) is 2.28. The van der Waals surface area contributed by atoms with Crippen LogP contribution in [0.2, 0.25) is 0 Å². The molecule has 1 aromatic rings. The Morgan fingerprint density at radius 1 is 1.25 bits per heavy atom. The molecule has 1 aromatic carbocycles. The maximum Gasteiger partial charge on any atom is 0.408 e. The average molecular weight is 355 g/mol. The Kier molecular flexibility index (Phi) is 9.07. The van der Waals surface area contributed by atoms with Gasteiger partial charge in [-0.2, -0.15) is 0 Å². The van der Waals surface area contributed by atoms with Crippen molar-refractivity contribution in [2.45, 2.75) is 38.8 Å². The van der Waals surface area contributed by atoms with Gasteiger partial charge in [0.2, 0.25) is 0 Å². The van der Waals surface area contributed by atoms with E-state index in [4.69, 9.17) is 4.74 Å². The van der Waals surface area contributed by atoms with E-state index in [2.05, 4.69) is 0 Å². The first kappa shape index (κ1) is 20.2. The van der Waals surface area contributed by atoms with Crippen LogP contribution in [0.25, 0.3) is 0 Å². The normalized spacial score (nSPS) is 13.1. The minimum Gasteiger partial charge on any atom is -0.467 e. The number of methoxy groups -OCH3 is 1. The summed E-state index contributed by atoms with van der Waals surface area (Å²) in [4.78, 5) is 24.7. The first-order valence-corrected chi connectivity index (χ1v) is 9.44. The Hall–Kier alpha value is -1.89. The maximum absolute atomic E-state index is 12.0. The molecule has 0 radical (unpaired) electrons. The number of benzene rings is 1. The van der Waals surface area contributed by atoms with Gasteiger partial charge in [-0.3, -0.25) is 9.11 Å². The van der Waals surface area contributed by atoms with Gasteiger partial charge in [0.05, 0.1) is 7.11 Å². The molecule has 6 nitrogen and oxygen atoms in total. The van der Waals surface area contributed by atoms with Gasteiger partial charge < -0.3 is 9.84 Å². The summed E-state index contributed by atoms with van der Waals surface area (Å²) in [6.45, 7) is 2.10. The Morgan fingerprint density at radius 3 is 2.46 bits per heavy atom. The zero-order chi connectivity index (χ0) is 17.9. The molecular weight excluding hydrogens is 330 g/mol. The second-order valence-electron chi connectivity index (χ2n) is 5.43. The molecule has 0 aromatic heterocycles. The molecule has 0 heterocycles. The molecule has 1 unspecified atom stereocenters. The van der Waals surface area contributed by atoms with Gasteiger partial charge in [-0.1, -0.05) is 43.7 Å². The van der Waals surface area contributed by atoms with Crippen molar-refractivity contribution in [1.82, 2.24) is 4.90 Å². The zero-order valence-corrected chi connectivity index (χ0v) is 15.0. The number of rotatable bonds is 10. The van der Waals surface area contributed by atoms with Gasteiger partial charge in [0.15, 0.2) is 0 Å². The number of ether oxygens (including phenoxy) is 1. The molecule has 2 atom stereocenters. The first-order chi connectivity index (χ1) is 11.5. The molecule has 24 heavy (non-hydrogen) atoms. The van der Waals surface area contributed by atoms with Crippen molar-refractivity contribution in [2.24, 2.45) is 0 Å². The highest BCUT2D eigenvalue weighted by molar-refractivity contribution is 7.84. The van der Waals surface area contributed by atoms with Crippen molar-refractivity contribution in [3.8, 4) is 0 Å². The van der Waals surface area contributed by atoms with Crippen molar-refractivity contribution < 1.29 is 23.6 Å². The van der Waals surface area contributed by atoms with Crippen LogP contribution in [0, 0.1) is 0 Å². The zero-order valence-electron chi connectivity index (χ0n) is 14.1. The third-order valence-corrected chi connectivity index (χ3v) is 5.07. The molecule has 7 heteroatoms. The molecule has 0 bridgehead atoms. The third-order valence-electron chi connectivity index (χ3n) is 3.64. The summed E-state index contributed by atoms with van der Waals surface area (Å²) in [6, 6.07) is 8.08. The van der Waals surface area contributed by atoms with Crippen molar-refractivity contribution in [3.63, 3.8) is 0 Å². The van der Waals surface area contributed by atoms with Gasteiger partial charge in [0.25, 0.3) is 0 Å². The van der Waals surface area contributed by atoms with E-state index in [9.17, 15) is 18.9 Å². The van der Waals surface area contributed by atoms with Crippen LogP contribution in [0.3, 0.4) is 0 Å². The number of esters is 1. The summed E-state index contributed by atoms with van der Waals surface area (Å²) in [5, 5.41) is 9.50. The van der Waals surface area contributed by atoms with Crippen LogP contribution in [0.15, 0.2) is 30.3 Å². The Bertz CT molecular complexity index is 549. The molecule has 0 saturated carbocycles. The largest absolute Gasteiger partial charge is 0.467 e. The lowest BCUT2D eigenvalue weighted by atomic mass is 10.1. The highest BCUT2D eigenvalue weighted by Crippen LogP contribution is 2.14. The summed E-state index contributed by atoms with van der Waals surface area (Å²) in [5.74, 6) is 0.218. The smallest absolute Gasteiger partial charge is 0.408 e. The molecule has 134 valence electrons. The fraction of sp³-hybridized carbons (Fsp3) is 0.529. The van der Waals surface area contributed by atoms with Crippen molar-refractivity contribution >= 4 is 22.9 Å². The summed E-state index contributed by atoms with van der Waals surface area (Å²) >= 11 is 0. The molecule has 0 fully saturated rings. The first-order valence-electron chi connectivity index (χ1n) is 7.95. The number of carboxylic acid groups (broad SMARTS) is 1. The molecule has 0 aliphatic carbocycles. The summed E-state index contributed by atoms with van der Waals surface area (Å²) in [7, 11) is 0.165. The lowest BCUT2D eigenvalue weighted by Gasteiger charge is -2.27. The van der Waals surface area contributed by atoms with Gasteiger partial charge >= 0.3 is 12.1 Å². The van der Waals surface area contributed by atoms with Crippen LogP contribution in [0.4, 0.5) is 4.79 Å². The van der Waals surface area contributed by atoms with E-state index < -0.39 is 28.9 Å². The molecule has 1 N–H and O–H groups in total. The van der Waals surface area contributed by atoms with Gasteiger partial charge in [-0.15, -0.1) is 0 Å². The highest BCUT2D eigenvalue weighted by Gasteiger charge is 2.30. The van der Waals surface area contributed by atoms with Crippen LogP contribution < -0.4 is 0 Å². The van der Waals surface area contributed by atoms with E-state index in [0.29, 0.717) is 5.75 Å². The minimum absolute atomic E-state index is 0.0809. The van der Waals surface area contributed by atoms with Gasteiger partial charge in [-0.05, 0) is 18.4 Å². The molecule has 0 saturated heterocycles. The van der Waals surface area contributed by atoms with E-state index in [1.54, 1.807) is 12.1 Å². The summed E-state index contributed by atoms with van der Waals surface area (Å²) in [5.41, 5.74) is 0.779. The summed E-state index contributed by atoms with van der Waals surface area (Å²) in [6.07, 6.45) is 0.778.